The molecule has 2 aromatic rings. The molecular formula is C22H24BNO2. The summed E-state index contributed by atoms with van der Waals surface area (Å²) < 4.78 is 0. The number of nitrogens with zero attached hydrogens (tertiary/aromatic N) is 1. The Balaban J connectivity index is 2.30. The van der Waals surface area contributed by atoms with Crippen molar-refractivity contribution in [3.8, 4) is 11.1 Å². The molecule has 0 atom stereocenters. The quantitative estimate of drug-likeness (QED) is 0.474. The molecule has 2 aromatic carbocycles. The van der Waals surface area contributed by atoms with Gasteiger partial charge in [0.2, 0.25) is 0 Å². The highest BCUT2D eigenvalue weighted by Crippen LogP contribution is 2.21. The summed E-state index contributed by atoms with van der Waals surface area (Å²) in [6, 6.07) is 15.3. The molecule has 0 amide bonds. The summed E-state index contributed by atoms with van der Waals surface area (Å²) in [4.78, 5) is 4.65. The third-order valence-corrected chi connectivity index (χ3v) is 4.12. The number of aliphatic imine (C=N–C) groups is 1. The van der Waals surface area contributed by atoms with Gasteiger partial charge in [-0.25, -0.2) is 0 Å². The van der Waals surface area contributed by atoms with E-state index in [0.29, 0.717) is 5.46 Å². The normalized spacial score (nSPS) is 12.5. The van der Waals surface area contributed by atoms with Crippen LogP contribution in [-0.4, -0.2) is 22.9 Å². The van der Waals surface area contributed by atoms with Crippen LogP contribution in [0.15, 0.2) is 89.6 Å². The average Bonchev–Trinajstić information content (AvgIpc) is 2.66. The van der Waals surface area contributed by atoms with E-state index in [1.165, 1.54) is 0 Å². The highest BCUT2D eigenvalue weighted by molar-refractivity contribution is 6.58. The van der Waals surface area contributed by atoms with Gasteiger partial charge in [-0.15, -0.1) is 0 Å². The predicted octanol–water partition coefficient (Wildman–Crippen LogP) is 3.88. The first-order valence-corrected chi connectivity index (χ1v) is 8.56. The molecule has 0 aliphatic rings. The van der Waals surface area contributed by atoms with E-state index < -0.39 is 7.12 Å². The lowest BCUT2D eigenvalue weighted by atomic mass is 9.80. The monoisotopic (exact) mass is 345 g/mol. The van der Waals surface area contributed by atoms with Gasteiger partial charge in [0.1, 0.15) is 0 Å². The molecule has 0 fully saturated rings. The second-order valence-electron chi connectivity index (χ2n) is 5.96. The van der Waals surface area contributed by atoms with Crippen molar-refractivity contribution in [3.63, 3.8) is 0 Å². The van der Waals surface area contributed by atoms with Crippen LogP contribution in [0.2, 0.25) is 0 Å². The first-order chi connectivity index (χ1) is 12.5. The molecule has 2 rings (SSSR count). The Hall–Kier alpha value is -2.69. The van der Waals surface area contributed by atoms with Gasteiger partial charge in [-0.3, -0.25) is 4.99 Å². The second-order valence-corrected chi connectivity index (χ2v) is 5.96. The summed E-state index contributed by atoms with van der Waals surface area (Å²) in [7, 11) is -1.45. The van der Waals surface area contributed by atoms with E-state index in [2.05, 4.69) is 17.6 Å². The number of benzene rings is 2. The maximum absolute atomic E-state index is 9.21. The zero-order valence-corrected chi connectivity index (χ0v) is 15.5. The Kier molecular flexibility index (Phi) is 6.90. The zero-order chi connectivity index (χ0) is 19.1. The molecule has 0 aliphatic carbocycles. The molecule has 0 radical (unpaired) electrons. The maximum atomic E-state index is 9.21. The summed E-state index contributed by atoms with van der Waals surface area (Å²) in [6.45, 7) is 9.97. The molecule has 0 unspecified atom stereocenters. The lowest BCUT2D eigenvalue weighted by Crippen LogP contribution is -2.29. The van der Waals surface area contributed by atoms with Gasteiger partial charge in [0, 0.05) is 5.71 Å². The minimum Gasteiger partial charge on any atom is -0.423 e. The molecule has 0 saturated carbocycles. The third-order valence-electron chi connectivity index (χ3n) is 4.12. The molecule has 3 nitrogen and oxygen atoms in total. The van der Waals surface area contributed by atoms with Crippen LogP contribution < -0.4 is 5.46 Å². The van der Waals surface area contributed by atoms with Gasteiger partial charge >= 0.3 is 7.12 Å². The topological polar surface area (TPSA) is 52.8 Å². The van der Waals surface area contributed by atoms with Crippen LogP contribution in [0.5, 0.6) is 0 Å². The molecule has 0 bridgehead atoms. The van der Waals surface area contributed by atoms with Crippen molar-refractivity contribution in [1.82, 2.24) is 0 Å². The lowest BCUT2D eigenvalue weighted by Gasteiger charge is -2.08. The summed E-state index contributed by atoms with van der Waals surface area (Å²) in [5.74, 6) is 0. The van der Waals surface area contributed by atoms with Crippen LogP contribution in [-0.2, 0) is 0 Å². The fourth-order valence-corrected chi connectivity index (χ4v) is 2.64. The minimum atomic E-state index is -1.45. The van der Waals surface area contributed by atoms with Gasteiger partial charge in [-0.05, 0) is 54.6 Å². The van der Waals surface area contributed by atoms with Crippen molar-refractivity contribution in [2.45, 2.75) is 20.8 Å². The summed E-state index contributed by atoms with van der Waals surface area (Å²) >= 11 is 0. The Morgan fingerprint density at radius 1 is 1.04 bits per heavy atom. The SMILES string of the molecule is C=C(N=C(C)c1cccc(-c2ccc(B(O)O)cc2)c1)C(/C=C\C)=C/C. The zero-order valence-electron chi connectivity index (χ0n) is 15.5. The fraction of sp³-hybridized carbons (Fsp3) is 0.136. The van der Waals surface area contributed by atoms with Gasteiger partial charge in [-0.1, -0.05) is 67.3 Å². The van der Waals surface area contributed by atoms with E-state index >= 15 is 0 Å². The summed E-state index contributed by atoms with van der Waals surface area (Å²) in [6.07, 6.45) is 5.96. The third kappa shape index (κ3) is 4.91. The van der Waals surface area contributed by atoms with Crippen LogP contribution in [0.4, 0.5) is 0 Å². The molecule has 0 aromatic heterocycles. The molecule has 0 spiro atoms. The van der Waals surface area contributed by atoms with Gasteiger partial charge < -0.3 is 10.0 Å². The summed E-state index contributed by atoms with van der Waals surface area (Å²) in [5.41, 5.74) is 6.17. The van der Waals surface area contributed by atoms with Crippen LogP contribution in [0.3, 0.4) is 0 Å². The van der Waals surface area contributed by atoms with Gasteiger partial charge in [0.15, 0.2) is 0 Å². The minimum absolute atomic E-state index is 0.474. The van der Waals surface area contributed by atoms with Crippen LogP contribution in [0.1, 0.15) is 26.3 Å². The standard InChI is InChI=1S/C22H24BNO2/c1-5-8-18(6-2)16(3)24-17(4)20-9-7-10-21(15-20)19-11-13-22(14-12-19)23(25)26/h5-15,25-26H,3H2,1-2,4H3/b8-5-,18-6+,24-17?. The molecular weight excluding hydrogens is 321 g/mol. The van der Waals surface area contributed by atoms with E-state index in [4.69, 9.17) is 0 Å². The van der Waals surface area contributed by atoms with Crippen LogP contribution in [0.25, 0.3) is 11.1 Å². The van der Waals surface area contributed by atoms with Gasteiger partial charge in [-0.2, -0.15) is 0 Å². The highest BCUT2D eigenvalue weighted by atomic mass is 16.4. The smallest absolute Gasteiger partial charge is 0.423 e. The maximum Gasteiger partial charge on any atom is 0.488 e. The van der Waals surface area contributed by atoms with E-state index in [0.717, 1.165) is 33.7 Å². The van der Waals surface area contributed by atoms with Gasteiger partial charge in [0.25, 0.3) is 0 Å². The fourth-order valence-electron chi connectivity index (χ4n) is 2.64. The number of allylic oxidation sites excluding steroid dienone is 3. The highest BCUT2D eigenvalue weighted by Gasteiger charge is 2.10. The van der Waals surface area contributed by atoms with Crippen LogP contribution in [0, 0.1) is 0 Å². The Morgan fingerprint density at radius 3 is 2.31 bits per heavy atom. The second kappa shape index (κ2) is 9.13. The van der Waals surface area contributed by atoms with Crippen molar-refractivity contribution in [1.29, 1.82) is 0 Å². The van der Waals surface area contributed by atoms with Crippen molar-refractivity contribution in [2.75, 3.05) is 0 Å². The average molecular weight is 345 g/mol. The first-order valence-electron chi connectivity index (χ1n) is 8.56. The Morgan fingerprint density at radius 2 is 1.73 bits per heavy atom. The first kappa shape index (κ1) is 19.6. The van der Waals surface area contributed by atoms with E-state index in [9.17, 15) is 10.0 Å². The van der Waals surface area contributed by atoms with Crippen molar-refractivity contribution in [2.24, 2.45) is 4.99 Å². The van der Waals surface area contributed by atoms with Crippen molar-refractivity contribution in [3.05, 3.63) is 90.2 Å². The summed E-state index contributed by atoms with van der Waals surface area (Å²) in [5, 5.41) is 18.4. The van der Waals surface area contributed by atoms with E-state index in [-0.39, 0.29) is 0 Å². The van der Waals surface area contributed by atoms with Crippen LogP contribution >= 0.6 is 0 Å². The Bertz CT molecular complexity index is 862. The van der Waals surface area contributed by atoms with Crippen molar-refractivity contribution < 1.29 is 10.0 Å². The molecule has 0 aliphatic heterocycles. The Labute approximate surface area is 155 Å². The van der Waals surface area contributed by atoms with Gasteiger partial charge in [0.05, 0.1) is 5.70 Å². The predicted molar refractivity (Wildman–Crippen MR) is 112 cm³/mol. The lowest BCUT2D eigenvalue weighted by molar-refractivity contribution is 0.426. The molecule has 26 heavy (non-hydrogen) atoms. The molecule has 0 saturated heterocycles. The molecule has 2 N–H and O–H groups in total. The number of hydrogen-bond donors (Lipinski definition) is 2. The number of hydrogen-bond acceptors (Lipinski definition) is 3. The van der Waals surface area contributed by atoms with E-state index in [1.807, 2.05) is 69.3 Å². The molecule has 132 valence electrons. The largest absolute Gasteiger partial charge is 0.488 e. The van der Waals surface area contributed by atoms with E-state index in [1.54, 1.807) is 12.1 Å². The molecule has 0 heterocycles. The molecule has 4 heteroatoms. The van der Waals surface area contributed by atoms with Crippen molar-refractivity contribution >= 4 is 18.3 Å². The number of rotatable bonds is 6.